The molecule has 3 nitrogen and oxygen atoms in total. The number of hydrogen-bond donors (Lipinski definition) is 1. The number of benzene rings is 2. The van der Waals surface area contributed by atoms with Gasteiger partial charge in [-0.15, -0.1) is 0 Å². The minimum atomic E-state index is 0.413. The van der Waals surface area contributed by atoms with Gasteiger partial charge in [-0.2, -0.15) is 0 Å². The first-order valence-corrected chi connectivity index (χ1v) is 10.5. The first-order chi connectivity index (χ1) is 13.2. The minimum absolute atomic E-state index is 0.413. The minimum Gasteiger partial charge on any atom is -0.490 e. The van der Waals surface area contributed by atoms with Crippen LogP contribution in [0, 0.1) is 0 Å². The van der Waals surface area contributed by atoms with Crippen LogP contribution in [0.1, 0.15) is 50.2 Å². The van der Waals surface area contributed by atoms with Crippen molar-refractivity contribution in [3.63, 3.8) is 0 Å². The van der Waals surface area contributed by atoms with Crippen molar-refractivity contribution in [3.8, 4) is 11.5 Å². The van der Waals surface area contributed by atoms with E-state index in [1.54, 1.807) is 0 Å². The van der Waals surface area contributed by atoms with Crippen molar-refractivity contribution in [2.45, 2.75) is 58.2 Å². The summed E-state index contributed by atoms with van der Waals surface area (Å²) in [6, 6.07) is 12.2. The molecule has 27 heavy (non-hydrogen) atoms. The molecule has 3 rings (SSSR count). The van der Waals surface area contributed by atoms with Gasteiger partial charge < -0.3 is 14.8 Å². The predicted octanol–water partition coefficient (Wildman–Crippen LogP) is 6.39. The lowest BCUT2D eigenvalue weighted by Crippen LogP contribution is -2.30. The predicted molar refractivity (Wildman–Crippen MR) is 112 cm³/mol. The van der Waals surface area contributed by atoms with Gasteiger partial charge >= 0.3 is 0 Å². The Labute approximate surface area is 172 Å². The number of ether oxygens (including phenoxy) is 2. The van der Waals surface area contributed by atoms with Gasteiger partial charge in [0.05, 0.1) is 11.6 Å². The van der Waals surface area contributed by atoms with Crippen molar-refractivity contribution in [3.05, 3.63) is 57.6 Å². The smallest absolute Gasteiger partial charge is 0.180 e. The fraction of sp³-hybridized carbons (Fsp3) is 0.455. The molecule has 2 aromatic rings. The van der Waals surface area contributed by atoms with E-state index in [9.17, 15) is 0 Å². The summed E-state index contributed by atoms with van der Waals surface area (Å²) >= 11 is 12.5. The Morgan fingerprint density at radius 2 is 1.70 bits per heavy atom. The van der Waals surface area contributed by atoms with Crippen LogP contribution in [0.25, 0.3) is 0 Å². The first kappa shape index (κ1) is 20.3. The molecule has 1 N–H and O–H groups in total. The zero-order valence-electron chi connectivity index (χ0n) is 15.8. The molecule has 1 aliphatic carbocycles. The largest absolute Gasteiger partial charge is 0.490 e. The quantitative estimate of drug-likeness (QED) is 0.549. The van der Waals surface area contributed by atoms with Gasteiger partial charge in [0.25, 0.3) is 0 Å². The molecule has 0 atom stereocenters. The molecule has 1 aliphatic rings. The van der Waals surface area contributed by atoms with Crippen molar-refractivity contribution < 1.29 is 9.47 Å². The van der Waals surface area contributed by atoms with Gasteiger partial charge in [0, 0.05) is 17.6 Å². The third-order valence-electron chi connectivity index (χ3n) is 4.87. The monoisotopic (exact) mass is 407 g/mol. The van der Waals surface area contributed by atoms with Crippen LogP contribution in [0.5, 0.6) is 11.5 Å². The Morgan fingerprint density at radius 1 is 0.963 bits per heavy atom. The summed E-state index contributed by atoms with van der Waals surface area (Å²) in [6.07, 6.45) is 6.51. The van der Waals surface area contributed by atoms with Crippen molar-refractivity contribution in [1.29, 1.82) is 0 Å². The molecule has 1 saturated carbocycles. The topological polar surface area (TPSA) is 30.5 Å². The lowest BCUT2D eigenvalue weighted by molar-refractivity contribution is 0.269. The molecule has 0 amide bonds. The van der Waals surface area contributed by atoms with Crippen molar-refractivity contribution in [2.24, 2.45) is 0 Å². The third kappa shape index (κ3) is 6.03. The highest BCUT2D eigenvalue weighted by atomic mass is 35.5. The second-order valence-electron chi connectivity index (χ2n) is 6.97. The lowest BCUT2D eigenvalue weighted by Gasteiger charge is -2.23. The van der Waals surface area contributed by atoms with Crippen molar-refractivity contribution >= 4 is 23.2 Å². The number of hydrogen-bond acceptors (Lipinski definition) is 3. The van der Waals surface area contributed by atoms with Gasteiger partial charge in [0.1, 0.15) is 6.61 Å². The zero-order chi connectivity index (χ0) is 19.1. The Kier molecular flexibility index (Phi) is 7.69. The van der Waals surface area contributed by atoms with Gasteiger partial charge in [-0.25, -0.2) is 0 Å². The van der Waals surface area contributed by atoms with Gasteiger partial charge in [-0.3, -0.25) is 0 Å². The molecule has 0 aromatic heterocycles. The highest BCUT2D eigenvalue weighted by molar-refractivity contribution is 6.32. The molecule has 0 saturated heterocycles. The standard InChI is InChI=1S/C22H27Cl2NO2/c1-2-26-21-13-17(14-25-19-6-4-3-5-7-19)12-20(24)22(21)27-15-16-8-10-18(23)11-9-16/h8-13,19,25H,2-7,14-15H2,1H3. The summed E-state index contributed by atoms with van der Waals surface area (Å²) in [5.74, 6) is 1.29. The van der Waals surface area contributed by atoms with E-state index in [1.807, 2.05) is 43.3 Å². The van der Waals surface area contributed by atoms with E-state index in [2.05, 4.69) is 5.32 Å². The summed E-state index contributed by atoms with van der Waals surface area (Å²) in [7, 11) is 0. The van der Waals surface area contributed by atoms with Gasteiger partial charge in [0.2, 0.25) is 0 Å². The second-order valence-corrected chi connectivity index (χ2v) is 7.81. The summed E-state index contributed by atoms with van der Waals surface area (Å²) in [4.78, 5) is 0. The van der Waals surface area contributed by atoms with Crippen molar-refractivity contribution in [1.82, 2.24) is 5.32 Å². The molecule has 0 spiro atoms. The normalized spacial score (nSPS) is 14.9. The average Bonchev–Trinajstić information content (AvgIpc) is 2.68. The van der Waals surface area contributed by atoms with Crippen molar-refractivity contribution in [2.75, 3.05) is 6.61 Å². The van der Waals surface area contributed by atoms with E-state index in [1.165, 1.54) is 32.1 Å². The maximum atomic E-state index is 6.53. The second kappa shape index (κ2) is 10.2. The Hall–Kier alpha value is -1.42. The molecule has 0 heterocycles. The SMILES string of the molecule is CCOc1cc(CNC2CCCCC2)cc(Cl)c1OCc1ccc(Cl)cc1. The maximum absolute atomic E-state index is 6.53. The molecule has 2 aromatic carbocycles. The van der Waals surface area contributed by atoms with Crippen LogP contribution >= 0.6 is 23.2 Å². The van der Waals surface area contributed by atoms with Crippen LogP contribution < -0.4 is 14.8 Å². The van der Waals surface area contributed by atoms with E-state index >= 15 is 0 Å². The summed E-state index contributed by atoms with van der Waals surface area (Å²) in [5.41, 5.74) is 2.15. The molecule has 146 valence electrons. The fourth-order valence-electron chi connectivity index (χ4n) is 3.43. The van der Waals surface area contributed by atoms with Crippen LogP contribution in [0.15, 0.2) is 36.4 Å². The van der Waals surface area contributed by atoms with Crippen LogP contribution in [0.4, 0.5) is 0 Å². The van der Waals surface area contributed by atoms with Gasteiger partial charge in [-0.1, -0.05) is 54.6 Å². The number of rotatable bonds is 8. The van der Waals surface area contributed by atoms with E-state index < -0.39 is 0 Å². The summed E-state index contributed by atoms with van der Waals surface area (Å²) in [5, 5.41) is 4.94. The van der Waals surface area contributed by atoms with Crippen LogP contribution in [0.2, 0.25) is 10.0 Å². The Balaban J connectivity index is 1.68. The average molecular weight is 408 g/mol. The molecule has 0 bridgehead atoms. The van der Waals surface area contributed by atoms with E-state index in [4.69, 9.17) is 32.7 Å². The first-order valence-electron chi connectivity index (χ1n) is 9.71. The molecular formula is C22H27Cl2NO2. The molecular weight excluding hydrogens is 381 g/mol. The van der Waals surface area contributed by atoms with Crippen LogP contribution in [-0.2, 0) is 13.2 Å². The van der Waals surface area contributed by atoms with E-state index in [0.717, 1.165) is 17.7 Å². The van der Waals surface area contributed by atoms with Gasteiger partial charge in [-0.05, 0) is 55.2 Å². The zero-order valence-corrected chi connectivity index (χ0v) is 17.3. The van der Waals surface area contributed by atoms with E-state index in [0.29, 0.717) is 40.8 Å². The molecule has 0 unspecified atom stereocenters. The lowest BCUT2D eigenvalue weighted by atomic mass is 9.95. The summed E-state index contributed by atoms with van der Waals surface area (Å²) < 4.78 is 11.8. The third-order valence-corrected chi connectivity index (χ3v) is 5.40. The maximum Gasteiger partial charge on any atom is 0.180 e. The van der Waals surface area contributed by atoms with E-state index in [-0.39, 0.29) is 0 Å². The summed E-state index contributed by atoms with van der Waals surface area (Å²) in [6.45, 7) is 3.73. The number of halogens is 2. The Bertz CT molecular complexity index is 728. The number of nitrogens with one attached hydrogen (secondary N) is 1. The Morgan fingerprint density at radius 3 is 2.41 bits per heavy atom. The van der Waals surface area contributed by atoms with Gasteiger partial charge in [0.15, 0.2) is 11.5 Å². The molecule has 5 heteroatoms. The molecule has 1 fully saturated rings. The highest BCUT2D eigenvalue weighted by Crippen LogP contribution is 2.37. The fourth-order valence-corrected chi connectivity index (χ4v) is 3.85. The van der Waals surface area contributed by atoms with Crippen LogP contribution in [-0.4, -0.2) is 12.6 Å². The molecule has 0 radical (unpaired) electrons. The molecule has 0 aliphatic heterocycles. The highest BCUT2D eigenvalue weighted by Gasteiger charge is 2.16. The van der Waals surface area contributed by atoms with Crippen LogP contribution in [0.3, 0.4) is 0 Å².